The normalized spacial score (nSPS) is 15.1. The van der Waals surface area contributed by atoms with E-state index in [1.54, 1.807) is 6.26 Å². The maximum atomic E-state index is 10.6. The number of hydrogen-bond acceptors (Lipinski definition) is 3. The second kappa shape index (κ2) is 4.39. The Morgan fingerprint density at radius 1 is 1.10 bits per heavy atom. The van der Waals surface area contributed by atoms with Gasteiger partial charge in [-0.1, -0.05) is 24.3 Å². The summed E-state index contributed by atoms with van der Waals surface area (Å²) >= 11 is 0. The lowest BCUT2D eigenvalue weighted by Gasteiger charge is -2.11. The van der Waals surface area contributed by atoms with Gasteiger partial charge in [-0.3, -0.25) is 0 Å². The number of aliphatic hydroxyl groups is 1. The number of furan rings is 1. The summed E-state index contributed by atoms with van der Waals surface area (Å²) in [7, 11) is 0. The Balaban J connectivity index is 1.78. The molecule has 1 aromatic heterocycles. The molecule has 2 aromatic carbocycles. The summed E-state index contributed by atoms with van der Waals surface area (Å²) < 4.78 is 11.0. The lowest BCUT2D eigenvalue weighted by atomic mass is 9.98. The summed E-state index contributed by atoms with van der Waals surface area (Å²) in [4.78, 5) is 0. The van der Waals surface area contributed by atoms with Crippen LogP contribution in [-0.2, 0) is 6.42 Å². The van der Waals surface area contributed by atoms with Crippen molar-refractivity contribution in [3.05, 3.63) is 65.4 Å². The molecule has 0 saturated heterocycles. The molecule has 1 aliphatic heterocycles. The van der Waals surface area contributed by atoms with Crippen molar-refractivity contribution in [1.82, 2.24) is 0 Å². The Morgan fingerprint density at radius 3 is 2.95 bits per heavy atom. The fourth-order valence-corrected chi connectivity index (χ4v) is 2.77. The molecule has 3 heteroatoms. The predicted octanol–water partition coefficient (Wildman–Crippen LogP) is 3.45. The van der Waals surface area contributed by atoms with Crippen LogP contribution in [0.15, 0.2) is 53.1 Å². The number of ether oxygens (including phenoxy) is 1. The quantitative estimate of drug-likeness (QED) is 0.772. The molecule has 0 aliphatic carbocycles. The Kier molecular flexibility index (Phi) is 2.54. The van der Waals surface area contributed by atoms with Gasteiger partial charge in [-0.15, -0.1) is 0 Å². The van der Waals surface area contributed by atoms with Crippen molar-refractivity contribution in [2.75, 3.05) is 6.61 Å². The van der Waals surface area contributed by atoms with E-state index in [1.807, 2.05) is 42.5 Å². The molecular formula is C17H14O3. The van der Waals surface area contributed by atoms with Gasteiger partial charge in [0.15, 0.2) is 0 Å². The number of aliphatic hydroxyl groups excluding tert-OH is 1. The summed E-state index contributed by atoms with van der Waals surface area (Å²) in [6, 6.07) is 13.6. The minimum absolute atomic E-state index is 0.676. The van der Waals surface area contributed by atoms with Crippen LogP contribution in [-0.4, -0.2) is 11.7 Å². The first kappa shape index (κ1) is 11.6. The molecule has 3 nitrogen and oxygen atoms in total. The largest absolute Gasteiger partial charge is 0.493 e. The van der Waals surface area contributed by atoms with Gasteiger partial charge in [-0.05, 0) is 29.3 Å². The van der Waals surface area contributed by atoms with Gasteiger partial charge < -0.3 is 14.3 Å². The van der Waals surface area contributed by atoms with E-state index in [1.165, 1.54) is 0 Å². The first-order chi connectivity index (χ1) is 9.83. The molecule has 100 valence electrons. The van der Waals surface area contributed by atoms with Crippen LogP contribution in [0.5, 0.6) is 5.75 Å². The molecule has 1 N–H and O–H groups in total. The van der Waals surface area contributed by atoms with E-state index in [9.17, 15) is 5.11 Å². The van der Waals surface area contributed by atoms with Crippen LogP contribution in [0.2, 0.25) is 0 Å². The molecule has 1 atom stereocenters. The SMILES string of the molecule is OC(c1ccc2c(c1)CCO2)c1coc2ccccc12. The van der Waals surface area contributed by atoms with Crippen LogP contribution in [0.4, 0.5) is 0 Å². The third-order valence-corrected chi connectivity index (χ3v) is 3.83. The molecule has 0 fully saturated rings. The number of benzene rings is 2. The highest BCUT2D eigenvalue weighted by molar-refractivity contribution is 5.81. The smallest absolute Gasteiger partial charge is 0.134 e. The molecule has 3 aromatic rings. The minimum Gasteiger partial charge on any atom is -0.493 e. The molecule has 0 amide bonds. The third-order valence-electron chi connectivity index (χ3n) is 3.83. The lowest BCUT2D eigenvalue weighted by molar-refractivity contribution is 0.220. The van der Waals surface area contributed by atoms with Crippen molar-refractivity contribution in [2.24, 2.45) is 0 Å². The van der Waals surface area contributed by atoms with Crippen LogP contribution >= 0.6 is 0 Å². The van der Waals surface area contributed by atoms with Crippen molar-refractivity contribution in [1.29, 1.82) is 0 Å². The monoisotopic (exact) mass is 266 g/mol. The van der Waals surface area contributed by atoms with Gasteiger partial charge in [0.25, 0.3) is 0 Å². The van der Waals surface area contributed by atoms with E-state index in [0.29, 0.717) is 0 Å². The van der Waals surface area contributed by atoms with Crippen molar-refractivity contribution in [3.63, 3.8) is 0 Å². The van der Waals surface area contributed by atoms with Crippen LogP contribution in [0.25, 0.3) is 11.0 Å². The highest BCUT2D eigenvalue weighted by atomic mass is 16.5. The number of para-hydroxylation sites is 1. The van der Waals surface area contributed by atoms with Gasteiger partial charge >= 0.3 is 0 Å². The van der Waals surface area contributed by atoms with Gasteiger partial charge in [-0.2, -0.15) is 0 Å². The van der Waals surface area contributed by atoms with E-state index >= 15 is 0 Å². The summed E-state index contributed by atoms with van der Waals surface area (Å²) in [5.74, 6) is 0.929. The fraction of sp³-hybridized carbons (Fsp3) is 0.176. The lowest BCUT2D eigenvalue weighted by Crippen LogP contribution is -1.99. The molecule has 1 unspecified atom stereocenters. The molecular weight excluding hydrogens is 252 g/mol. The Labute approximate surface area is 116 Å². The van der Waals surface area contributed by atoms with Crippen LogP contribution < -0.4 is 4.74 Å². The number of hydrogen-bond donors (Lipinski definition) is 1. The first-order valence-corrected chi connectivity index (χ1v) is 6.73. The van der Waals surface area contributed by atoms with Gasteiger partial charge in [0, 0.05) is 17.4 Å². The molecule has 1 aliphatic rings. The Morgan fingerprint density at radius 2 is 2.00 bits per heavy atom. The second-order valence-electron chi connectivity index (χ2n) is 5.06. The van der Waals surface area contributed by atoms with Crippen LogP contribution in [0.1, 0.15) is 22.8 Å². The van der Waals surface area contributed by atoms with Gasteiger partial charge in [0.2, 0.25) is 0 Å². The summed E-state index contributed by atoms with van der Waals surface area (Å²) in [5.41, 5.74) is 3.64. The van der Waals surface area contributed by atoms with Gasteiger partial charge in [0.1, 0.15) is 17.4 Å². The summed E-state index contributed by atoms with van der Waals surface area (Å²) in [6.45, 7) is 0.726. The standard InChI is InChI=1S/C17H14O3/c18-17(12-5-6-15-11(9-12)7-8-19-15)14-10-20-16-4-2-1-3-13(14)16/h1-6,9-10,17-18H,7-8H2. The van der Waals surface area contributed by atoms with Crippen molar-refractivity contribution in [3.8, 4) is 5.75 Å². The molecule has 0 radical (unpaired) electrons. The van der Waals surface area contributed by atoms with Gasteiger partial charge in [0.05, 0.1) is 12.9 Å². The first-order valence-electron chi connectivity index (χ1n) is 6.73. The average molecular weight is 266 g/mol. The van der Waals surface area contributed by atoms with Gasteiger partial charge in [-0.25, -0.2) is 0 Å². The zero-order chi connectivity index (χ0) is 13.5. The highest BCUT2D eigenvalue weighted by Crippen LogP contribution is 2.33. The molecule has 2 heterocycles. The average Bonchev–Trinajstić information content (AvgIpc) is 3.12. The van der Waals surface area contributed by atoms with E-state index in [0.717, 1.165) is 46.4 Å². The predicted molar refractivity (Wildman–Crippen MR) is 75.9 cm³/mol. The van der Waals surface area contributed by atoms with Crippen LogP contribution in [0, 0.1) is 0 Å². The molecule has 0 saturated carbocycles. The summed E-state index contributed by atoms with van der Waals surface area (Å²) in [5, 5.41) is 11.6. The van der Waals surface area contributed by atoms with Crippen LogP contribution in [0.3, 0.4) is 0 Å². The second-order valence-corrected chi connectivity index (χ2v) is 5.06. The topological polar surface area (TPSA) is 42.6 Å². The number of fused-ring (bicyclic) bond motifs is 2. The highest BCUT2D eigenvalue weighted by Gasteiger charge is 2.19. The fourth-order valence-electron chi connectivity index (χ4n) is 2.77. The Hall–Kier alpha value is -2.26. The van der Waals surface area contributed by atoms with Crippen molar-refractivity contribution >= 4 is 11.0 Å². The minimum atomic E-state index is -0.676. The summed E-state index contributed by atoms with van der Waals surface area (Å²) in [6.07, 6.45) is 1.87. The zero-order valence-electron chi connectivity index (χ0n) is 10.9. The maximum absolute atomic E-state index is 10.6. The Bertz CT molecular complexity index is 773. The van der Waals surface area contributed by atoms with E-state index < -0.39 is 6.10 Å². The number of rotatable bonds is 2. The van der Waals surface area contributed by atoms with E-state index in [4.69, 9.17) is 9.15 Å². The third kappa shape index (κ3) is 1.71. The maximum Gasteiger partial charge on any atom is 0.134 e. The molecule has 4 rings (SSSR count). The zero-order valence-corrected chi connectivity index (χ0v) is 10.9. The molecule has 0 bridgehead atoms. The van der Waals surface area contributed by atoms with Crippen molar-refractivity contribution < 1.29 is 14.3 Å². The molecule has 0 spiro atoms. The van der Waals surface area contributed by atoms with E-state index in [2.05, 4.69) is 0 Å². The van der Waals surface area contributed by atoms with E-state index in [-0.39, 0.29) is 0 Å². The molecule has 20 heavy (non-hydrogen) atoms. The van der Waals surface area contributed by atoms with Crippen molar-refractivity contribution in [2.45, 2.75) is 12.5 Å².